The van der Waals surface area contributed by atoms with Crippen LogP contribution in [0.25, 0.3) is 0 Å². The fourth-order valence-electron chi connectivity index (χ4n) is 2.46. The van der Waals surface area contributed by atoms with Crippen LogP contribution in [0.1, 0.15) is 84.9 Å². The highest BCUT2D eigenvalue weighted by atomic mass is 32.1. The molecule has 0 bridgehead atoms. The minimum absolute atomic E-state index is 0.122. The van der Waals surface area contributed by atoms with Gasteiger partial charge in [-0.3, -0.25) is 9.59 Å². The molecule has 1 aromatic rings. The van der Waals surface area contributed by atoms with Crippen molar-refractivity contribution in [2.75, 3.05) is 11.9 Å². The SMILES string of the molecule is CCCCCCCC(=O)Nc1sc(C(C)=O)c(C)c1C(=O)OCC. The van der Waals surface area contributed by atoms with E-state index < -0.39 is 5.97 Å². The van der Waals surface area contributed by atoms with Crippen molar-refractivity contribution in [1.29, 1.82) is 0 Å². The van der Waals surface area contributed by atoms with Gasteiger partial charge in [0.2, 0.25) is 5.91 Å². The Morgan fingerprint density at radius 2 is 1.75 bits per heavy atom. The van der Waals surface area contributed by atoms with Gasteiger partial charge in [0.05, 0.1) is 17.0 Å². The van der Waals surface area contributed by atoms with Crippen molar-refractivity contribution in [2.45, 2.75) is 66.2 Å². The quantitative estimate of drug-likeness (QED) is 0.375. The second-order valence-electron chi connectivity index (χ2n) is 5.75. The molecule has 0 fully saturated rings. The van der Waals surface area contributed by atoms with Gasteiger partial charge in [-0.05, 0) is 32.8 Å². The molecule has 1 heterocycles. The Labute approximate surface area is 147 Å². The highest BCUT2D eigenvalue weighted by Gasteiger charge is 2.25. The Hall–Kier alpha value is -1.69. The number of anilines is 1. The first-order chi connectivity index (χ1) is 11.4. The minimum Gasteiger partial charge on any atom is -0.462 e. The zero-order chi connectivity index (χ0) is 18.1. The van der Waals surface area contributed by atoms with Crippen LogP contribution < -0.4 is 5.32 Å². The maximum absolute atomic E-state index is 12.2. The number of ether oxygens (including phenoxy) is 1. The molecular weight excluding hydrogens is 326 g/mol. The lowest BCUT2D eigenvalue weighted by Crippen LogP contribution is -2.14. The molecule has 0 radical (unpaired) electrons. The lowest BCUT2D eigenvalue weighted by atomic mass is 10.1. The molecule has 0 aliphatic rings. The molecule has 134 valence electrons. The highest BCUT2D eigenvalue weighted by Crippen LogP contribution is 2.34. The van der Waals surface area contributed by atoms with Crippen molar-refractivity contribution < 1.29 is 19.1 Å². The molecule has 24 heavy (non-hydrogen) atoms. The van der Waals surface area contributed by atoms with Gasteiger partial charge >= 0.3 is 5.97 Å². The van der Waals surface area contributed by atoms with Gasteiger partial charge in [0, 0.05) is 6.42 Å². The van der Waals surface area contributed by atoms with Crippen LogP contribution in [0.2, 0.25) is 0 Å². The predicted octanol–water partition coefficient (Wildman–Crippen LogP) is 4.73. The summed E-state index contributed by atoms with van der Waals surface area (Å²) < 4.78 is 5.05. The van der Waals surface area contributed by atoms with Gasteiger partial charge in [-0.1, -0.05) is 32.6 Å². The summed E-state index contributed by atoms with van der Waals surface area (Å²) in [5.74, 6) is -0.756. The Bertz CT molecular complexity index is 592. The van der Waals surface area contributed by atoms with Crippen LogP contribution in [0.4, 0.5) is 5.00 Å². The number of rotatable bonds is 10. The van der Waals surface area contributed by atoms with Gasteiger partial charge in [-0.2, -0.15) is 0 Å². The Kier molecular flexibility index (Phi) is 8.68. The summed E-state index contributed by atoms with van der Waals surface area (Å²) in [7, 11) is 0. The van der Waals surface area contributed by atoms with Crippen LogP contribution in [0.15, 0.2) is 0 Å². The predicted molar refractivity (Wildman–Crippen MR) is 97.0 cm³/mol. The van der Waals surface area contributed by atoms with Gasteiger partial charge in [0.1, 0.15) is 5.00 Å². The van der Waals surface area contributed by atoms with Crippen molar-refractivity contribution in [3.63, 3.8) is 0 Å². The summed E-state index contributed by atoms with van der Waals surface area (Å²) in [6.45, 7) is 7.27. The fraction of sp³-hybridized carbons (Fsp3) is 0.611. The molecule has 6 heteroatoms. The van der Waals surface area contributed by atoms with E-state index in [0.717, 1.165) is 37.0 Å². The summed E-state index contributed by atoms with van der Waals surface area (Å²) in [4.78, 5) is 36.5. The third-order valence-electron chi connectivity index (χ3n) is 3.71. The van der Waals surface area contributed by atoms with E-state index in [1.54, 1.807) is 13.8 Å². The molecular formula is C18H27NO4S. The topological polar surface area (TPSA) is 72.5 Å². The Morgan fingerprint density at radius 3 is 2.33 bits per heavy atom. The molecule has 1 amide bonds. The lowest BCUT2D eigenvalue weighted by Gasteiger charge is -2.07. The number of esters is 1. The van der Waals surface area contributed by atoms with E-state index in [2.05, 4.69) is 12.2 Å². The molecule has 1 N–H and O–H groups in total. The van der Waals surface area contributed by atoms with E-state index >= 15 is 0 Å². The number of hydrogen-bond donors (Lipinski definition) is 1. The fourth-order valence-corrected chi connectivity index (χ4v) is 3.57. The second kappa shape index (κ2) is 10.2. The molecule has 0 atom stereocenters. The maximum atomic E-state index is 12.2. The van der Waals surface area contributed by atoms with E-state index in [1.165, 1.54) is 13.3 Å². The first-order valence-electron chi connectivity index (χ1n) is 8.53. The molecule has 0 aliphatic carbocycles. The molecule has 1 aromatic heterocycles. The summed E-state index contributed by atoms with van der Waals surface area (Å²) in [6, 6.07) is 0. The molecule has 0 aliphatic heterocycles. The van der Waals surface area contributed by atoms with Gasteiger partial charge < -0.3 is 10.1 Å². The number of amides is 1. The third-order valence-corrected chi connectivity index (χ3v) is 5.01. The zero-order valence-corrected chi connectivity index (χ0v) is 15.8. The third kappa shape index (κ3) is 5.74. The van der Waals surface area contributed by atoms with Crippen LogP contribution >= 0.6 is 11.3 Å². The molecule has 1 rings (SSSR count). The summed E-state index contributed by atoms with van der Waals surface area (Å²) >= 11 is 1.14. The Balaban J connectivity index is 2.82. The average Bonchev–Trinajstić information content (AvgIpc) is 2.84. The van der Waals surface area contributed by atoms with E-state index in [9.17, 15) is 14.4 Å². The number of carbonyl (C=O) groups excluding carboxylic acids is 3. The molecule has 0 aromatic carbocycles. The number of Topliss-reactive ketones (excluding diaryl/α,β-unsaturated/α-hetero) is 1. The monoisotopic (exact) mass is 353 g/mol. The van der Waals surface area contributed by atoms with Gasteiger partial charge in [0.25, 0.3) is 0 Å². The first kappa shape index (κ1) is 20.4. The van der Waals surface area contributed by atoms with Gasteiger partial charge in [-0.15, -0.1) is 11.3 Å². The van der Waals surface area contributed by atoms with Crippen LogP contribution in [0, 0.1) is 6.92 Å². The average molecular weight is 353 g/mol. The number of thiophene rings is 1. The minimum atomic E-state index is -0.503. The number of nitrogens with one attached hydrogen (secondary N) is 1. The molecule has 0 saturated heterocycles. The second-order valence-corrected chi connectivity index (χ2v) is 6.77. The van der Waals surface area contributed by atoms with Crippen molar-refractivity contribution in [3.05, 3.63) is 16.0 Å². The van der Waals surface area contributed by atoms with Crippen molar-refractivity contribution in [3.8, 4) is 0 Å². The molecule has 0 saturated carbocycles. The molecule has 5 nitrogen and oxygen atoms in total. The van der Waals surface area contributed by atoms with E-state index in [4.69, 9.17) is 4.74 Å². The summed E-state index contributed by atoms with van der Waals surface area (Å²) in [5, 5.41) is 3.20. The summed E-state index contributed by atoms with van der Waals surface area (Å²) in [6.07, 6.45) is 5.74. The number of unbranched alkanes of at least 4 members (excludes halogenated alkanes) is 4. The zero-order valence-electron chi connectivity index (χ0n) is 15.0. The molecule has 0 spiro atoms. The van der Waals surface area contributed by atoms with E-state index in [1.807, 2.05) is 0 Å². The van der Waals surface area contributed by atoms with Crippen molar-refractivity contribution in [2.24, 2.45) is 0 Å². The largest absolute Gasteiger partial charge is 0.462 e. The first-order valence-corrected chi connectivity index (χ1v) is 9.35. The highest BCUT2D eigenvalue weighted by molar-refractivity contribution is 7.18. The van der Waals surface area contributed by atoms with Crippen molar-refractivity contribution >= 4 is 34.0 Å². The van der Waals surface area contributed by atoms with Crippen LogP contribution in [0.3, 0.4) is 0 Å². The van der Waals surface area contributed by atoms with Gasteiger partial charge in [-0.25, -0.2) is 4.79 Å². The van der Waals surface area contributed by atoms with Crippen LogP contribution in [-0.4, -0.2) is 24.3 Å². The maximum Gasteiger partial charge on any atom is 0.341 e. The van der Waals surface area contributed by atoms with Crippen LogP contribution in [-0.2, 0) is 9.53 Å². The standard InChI is InChI=1S/C18H27NO4S/c1-5-7-8-9-10-11-14(21)19-17-15(18(22)23-6-2)12(3)16(24-17)13(4)20/h5-11H2,1-4H3,(H,19,21). The number of ketones is 1. The lowest BCUT2D eigenvalue weighted by molar-refractivity contribution is -0.116. The normalized spacial score (nSPS) is 10.5. The molecule has 0 unspecified atom stereocenters. The Morgan fingerprint density at radius 1 is 1.08 bits per heavy atom. The number of hydrogen-bond acceptors (Lipinski definition) is 5. The van der Waals surface area contributed by atoms with E-state index in [-0.39, 0.29) is 18.3 Å². The van der Waals surface area contributed by atoms with Crippen LogP contribution in [0.5, 0.6) is 0 Å². The smallest absolute Gasteiger partial charge is 0.341 e. The van der Waals surface area contributed by atoms with Gasteiger partial charge in [0.15, 0.2) is 5.78 Å². The van der Waals surface area contributed by atoms with Crippen molar-refractivity contribution in [1.82, 2.24) is 0 Å². The number of carbonyl (C=O) groups is 3. The summed E-state index contributed by atoms with van der Waals surface area (Å²) in [5.41, 5.74) is 0.871. The van der Waals surface area contributed by atoms with E-state index in [0.29, 0.717) is 27.4 Å².